The van der Waals surface area contributed by atoms with Gasteiger partial charge in [-0.15, -0.1) is 11.3 Å². The summed E-state index contributed by atoms with van der Waals surface area (Å²) in [6, 6.07) is 0. The SMILES string of the molecule is CCOC(=O)C(=NOC)c1csc(NC(=O)CNC(=O)OC(C)(C)C)n1. The summed E-state index contributed by atoms with van der Waals surface area (Å²) >= 11 is 1.08. The number of rotatable bonds is 7. The van der Waals surface area contributed by atoms with Gasteiger partial charge in [0.2, 0.25) is 11.6 Å². The van der Waals surface area contributed by atoms with E-state index in [9.17, 15) is 14.4 Å². The Kier molecular flexibility index (Phi) is 7.97. The number of carbonyl (C=O) groups excluding carboxylic acids is 3. The fourth-order valence-corrected chi connectivity index (χ4v) is 2.26. The second-order valence-corrected chi connectivity index (χ2v) is 6.64. The highest BCUT2D eigenvalue weighted by atomic mass is 32.1. The Bertz CT molecular complexity index is 680. The number of hydrogen-bond acceptors (Lipinski definition) is 9. The third-order valence-electron chi connectivity index (χ3n) is 2.44. The molecule has 2 amide bonds. The Morgan fingerprint density at radius 2 is 2.00 bits per heavy atom. The Balaban J connectivity index is 2.64. The van der Waals surface area contributed by atoms with Crippen LogP contribution in [0.2, 0.25) is 0 Å². The largest absolute Gasteiger partial charge is 0.461 e. The lowest BCUT2D eigenvalue weighted by molar-refractivity contribution is -0.135. The Morgan fingerprint density at radius 1 is 1.31 bits per heavy atom. The van der Waals surface area contributed by atoms with E-state index in [0.717, 1.165) is 11.3 Å². The van der Waals surface area contributed by atoms with Crippen LogP contribution in [0.15, 0.2) is 10.5 Å². The molecular weight excluding hydrogens is 364 g/mol. The number of nitrogens with one attached hydrogen (secondary N) is 2. The number of thiazole rings is 1. The first-order valence-corrected chi connectivity index (χ1v) is 8.55. The fraction of sp³-hybridized carbons (Fsp3) is 0.533. The van der Waals surface area contributed by atoms with Crippen LogP contribution in [0.4, 0.5) is 9.93 Å². The summed E-state index contributed by atoms with van der Waals surface area (Å²) in [7, 11) is 1.29. The van der Waals surface area contributed by atoms with Crippen molar-refractivity contribution < 1.29 is 28.7 Å². The van der Waals surface area contributed by atoms with Crippen molar-refractivity contribution in [2.75, 3.05) is 25.6 Å². The van der Waals surface area contributed by atoms with E-state index in [4.69, 9.17) is 9.47 Å². The first kappa shape index (κ1) is 21.4. The van der Waals surface area contributed by atoms with Crippen LogP contribution in [-0.2, 0) is 23.9 Å². The molecule has 0 aliphatic carbocycles. The maximum absolute atomic E-state index is 11.9. The van der Waals surface area contributed by atoms with Gasteiger partial charge in [0.15, 0.2) is 5.13 Å². The maximum Gasteiger partial charge on any atom is 0.408 e. The van der Waals surface area contributed by atoms with E-state index in [1.807, 2.05) is 0 Å². The molecule has 0 saturated carbocycles. The Hall–Kier alpha value is -2.69. The third kappa shape index (κ3) is 7.47. The average Bonchev–Trinajstić information content (AvgIpc) is 2.97. The molecule has 0 aliphatic rings. The van der Waals surface area contributed by atoms with E-state index in [2.05, 4.69) is 25.6 Å². The van der Waals surface area contributed by atoms with Crippen molar-refractivity contribution in [3.05, 3.63) is 11.1 Å². The van der Waals surface area contributed by atoms with E-state index in [1.165, 1.54) is 12.5 Å². The number of carbonyl (C=O) groups is 3. The molecule has 0 atom stereocenters. The molecule has 0 spiro atoms. The van der Waals surface area contributed by atoms with Gasteiger partial charge in [0, 0.05) is 5.38 Å². The van der Waals surface area contributed by atoms with Crippen LogP contribution in [0.5, 0.6) is 0 Å². The van der Waals surface area contributed by atoms with E-state index < -0.39 is 23.6 Å². The molecule has 1 heterocycles. The van der Waals surface area contributed by atoms with Crippen molar-refractivity contribution >= 4 is 40.1 Å². The molecule has 1 aromatic heterocycles. The van der Waals surface area contributed by atoms with Crippen LogP contribution < -0.4 is 10.6 Å². The minimum atomic E-state index is -0.704. The number of oxime groups is 1. The normalized spacial score (nSPS) is 11.5. The molecule has 0 aliphatic heterocycles. The number of amides is 2. The smallest absolute Gasteiger partial charge is 0.408 e. The highest BCUT2D eigenvalue weighted by molar-refractivity contribution is 7.14. The molecule has 0 fully saturated rings. The van der Waals surface area contributed by atoms with E-state index in [0.29, 0.717) is 0 Å². The lowest BCUT2D eigenvalue weighted by Crippen LogP contribution is -2.37. The molecule has 11 heteroatoms. The number of hydrogen-bond donors (Lipinski definition) is 2. The molecule has 0 saturated heterocycles. The summed E-state index contributed by atoms with van der Waals surface area (Å²) in [6.07, 6.45) is -0.704. The zero-order valence-corrected chi connectivity index (χ0v) is 16.1. The Morgan fingerprint density at radius 3 is 2.58 bits per heavy atom. The second kappa shape index (κ2) is 9.70. The van der Waals surface area contributed by atoms with Gasteiger partial charge in [0.05, 0.1) is 6.61 Å². The standard InChI is InChI=1S/C15H22N4O6S/c1-6-24-12(21)11(19-23-5)9-8-26-13(17-9)18-10(20)7-16-14(22)25-15(2,3)4/h8H,6-7H2,1-5H3,(H,16,22)(H,17,18,20). The Labute approximate surface area is 154 Å². The fourth-order valence-electron chi connectivity index (χ4n) is 1.55. The van der Waals surface area contributed by atoms with Crippen LogP contribution >= 0.6 is 11.3 Å². The zero-order valence-electron chi connectivity index (χ0n) is 15.2. The maximum atomic E-state index is 11.9. The zero-order chi connectivity index (χ0) is 19.7. The highest BCUT2D eigenvalue weighted by Crippen LogP contribution is 2.16. The number of aromatic nitrogens is 1. The van der Waals surface area contributed by atoms with E-state index in [-0.39, 0.29) is 29.7 Å². The molecule has 10 nitrogen and oxygen atoms in total. The quantitative estimate of drug-likeness (QED) is 0.413. The van der Waals surface area contributed by atoms with Gasteiger partial charge in [-0.25, -0.2) is 14.6 Å². The predicted molar refractivity (Wildman–Crippen MR) is 95.2 cm³/mol. The summed E-state index contributed by atoms with van der Waals surface area (Å²) in [5.74, 6) is -1.19. The molecular formula is C15H22N4O6S. The number of nitrogens with zero attached hydrogens (tertiary/aromatic N) is 2. The summed E-state index contributed by atoms with van der Waals surface area (Å²) in [5, 5.41) is 10.2. The molecule has 1 rings (SSSR count). The molecule has 0 radical (unpaired) electrons. The van der Waals surface area contributed by atoms with Crippen LogP contribution in [0, 0.1) is 0 Å². The molecule has 0 unspecified atom stereocenters. The lowest BCUT2D eigenvalue weighted by Gasteiger charge is -2.19. The van der Waals surface area contributed by atoms with Gasteiger partial charge in [-0.3, -0.25) is 4.79 Å². The number of alkyl carbamates (subject to hydrolysis) is 1. The number of esters is 1. The van der Waals surface area contributed by atoms with Gasteiger partial charge in [-0.1, -0.05) is 5.16 Å². The first-order valence-electron chi connectivity index (χ1n) is 7.67. The van der Waals surface area contributed by atoms with Crippen molar-refractivity contribution in [1.29, 1.82) is 0 Å². The van der Waals surface area contributed by atoms with Gasteiger partial charge >= 0.3 is 12.1 Å². The van der Waals surface area contributed by atoms with Gasteiger partial charge in [-0.2, -0.15) is 0 Å². The van der Waals surface area contributed by atoms with Crippen molar-refractivity contribution in [2.24, 2.45) is 5.16 Å². The minimum Gasteiger partial charge on any atom is -0.461 e. The van der Waals surface area contributed by atoms with Gasteiger partial charge in [0.25, 0.3) is 0 Å². The molecule has 144 valence electrons. The van der Waals surface area contributed by atoms with Gasteiger partial charge in [0.1, 0.15) is 24.9 Å². The molecule has 0 aromatic carbocycles. The number of ether oxygens (including phenoxy) is 2. The van der Waals surface area contributed by atoms with Crippen molar-refractivity contribution in [2.45, 2.75) is 33.3 Å². The molecule has 2 N–H and O–H groups in total. The summed E-state index contributed by atoms with van der Waals surface area (Å²) < 4.78 is 9.90. The highest BCUT2D eigenvalue weighted by Gasteiger charge is 2.21. The summed E-state index contributed by atoms with van der Waals surface area (Å²) in [6.45, 7) is 6.68. The number of anilines is 1. The topological polar surface area (TPSA) is 128 Å². The summed E-state index contributed by atoms with van der Waals surface area (Å²) in [4.78, 5) is 43.9. The summed E-state index contributed by atoms with van der Waals surface area (Å²) in [5.41, 5.74) is -0.571. The monoisotopic (exact) mass is 386 g/mol. The lowest BCUT2D eigenvalue weighted by atomic mass is 10.2. The average molecular weight is 386 g/mol. The first-order chi connectivity index (χ1) is 12.2. The molecule has 26 heavy (non-hydrogen) atoms. The van der Waals surface area contributed by atoms with Crippen molar-refractivity contribution in [1.82, 2.24) is 10.3 Å². The van der Waals surface area contributed by atoms with Crippen LogP contribution in [-0.4, -0.2) is 54.5 Å². The van der Waals surface area contributed by atoms with Crippen LogP contribution in [0.3, 0.4) is 0 Å². The van der Waals surface area contributed by atoms with Gasteiger partial charge in [-0.05, 0) is 27.7 Å². The van der Waals surface area contributed by atoms with Crippen molar-refractivity contribution in [3.63, 3.8) is 0 Å². The third-order valence-corrected chi connectivity index (χ3v) is 3.19. The molecule has 0 bridgehead atoms. The van der Waals surface area contributed by atoms with Gasteiger partial charge < -0.3 is 24.9 Å². The predicted octanol–water partition coefficient (Wildman–Crippen LogP) is 1.52. The van der Waals surface area contributed by atoms with Crippen molar-refractivity contribution in [3.8, 4) is 0 Å². The van der Waals surface area contributed by atoms with E-state index >= 15 is 0 Å². The van der Waals surface area contributed by atoms with Crippen LogP contribution in [0.1, 0.15) is 33.4 Å². The van der Waals surface area contributed by atoms with Crippen LogP contribution in [0.25, 0.3) is 0 Å². The molecule has 1 aromatic rings. The van der Waals surface area contributed by atoms with E-state index in [1.54, 1.807) is 27.7 Å². The second-order valence-electron chi connectivity index (χ2n) is 5.78. The minimum absolute atomic E-state index is 0.113.